The van der Waals surface area contributed by atoms with Crippen LogP contribution in [-0.4, -0.2) is 72.0 Å². The van der Waals surface area contributed by atoms with Crippen LogP contribution in [-0.2, 0) is 20.9 Å². The van der Waals surface area contributed by atoms with Crippen molar-refractivity contribution in [2.45, 2.75) is 39.0 Å². The Labute approximate surface area is 209 Å². The number of nitrogens with zero attached hydrogens (tertiary/aromatic N) is 3. The molecule has 190 valence electrons. The van der Waals surface area contributed by atoms with E-state index in [-0.39, 0.29) is 19.1 Å². The van der Waals surface area contributed by atoms with E-state index in [1.165, 1.54) is 4.90 Å². The second-order valence-electron chi connectivity index (χ2n) is 8.72. The number of aliphatic hydroxyl groups is 1. The SMILES string of the molecule is CCCN(CC)C(=O)c1cccc(N2CCO[C@H]([C@@H](O)C(=O)Nc3ccc4c(c3)CN=C4N)C2=O)c1. The molecule has 2 aromatic carbocycles. The van der Waals surface area contributed by atoms with Gasteiger partial charge in [0.1, 0.15) is 5.84 Å². The van der Waals surface area contributed by atoms with Crippen LogP contribution >= 0.6 is 0 Å². The first kappa shape index (κ1) is 25.3. The summed E-state index contributed by atoms with van der Waals surface area (Å²) in [6.07, 6.45) is -2.26. The topological polar surface area (TPSA) is 138 Å². The molecule has 4 rings (SSSR count). The second-order valence-corrected chi connectivity index (χ2v) is 8.72. The van der Waals surface area contributed by atoms with Crippen molar-refractivity contribution >= 4 is 34.9 Å². The van der Waals surface area contributed by atoms with Crippen molar-refractivity contribution in [2.24, 2.45) is 10.7 Å². The van der Waals surface area contributed by atoms with E-state index in [1.807, 2.05) is 13.8 Å². The number of nitrogens with one attached hydrogen (secondary N) is 1. The Hall–Kier alpha value is -3.76. The molecule has 2 aliphatic rings. The quantitative estimate of drug-likeness (QED) is 0.510. The number of amidine groups is 1. The first-order valence-electron chi connectivity index (χ1n) is 12.1. The molecule has 2 aromatic rings. The lowest BCUT2D eigenvalue weighted by molar-refractivity contribution is -0.150. The minimum absolute atomic E-state index is 0.112. The number of nitrogens with two attached hydrogens (primary N) is 1. The molecule has 0 aromatic heterocycles. The number of hydrogen-bond donors (Lipinski definition) is 3. The minimum atomic E-state index is -1.72. The number of amides is 3. The van der Waals surface area contributed by atoms with E-state index < -0.39 is 24.0 Å². The molecule has 1 saturated heterocycles. The number of carbonyl (C=O) groups is 3. The number of hydrogen-bond acceptors (Lipinski definition) is 7. The molecule has 1 fully saturated rings. The first-order valence-corrected chi connectivity index (χ1v) is 12.1. The molecule has 0 spiro atoms. The molecule has 0 aliphatic carbocycles. The average molecular weight is 494 g/mol. The summed E-state index contributed by atoms with van der Waals surface area (Å²) < 4.78 is 5.50. The molecule has 0 radical (unpaired) electrons. The fourth-order valence-electron chi connectivity index (χ4n) is 4.41. The van der Waals surface area contributed by atoms with Crippen molar-refractivity contribution in [1.82, 2.24) is 4.90 Å². The van der Waals surface area contributed by atoms with Crippen LogP contribution in [0.1, 0.15) is 41.8 Å². The van der Waals surface area contributed by atoms with Crippen molar-refractivity contribution in [2.75, 3.05) is 36.5 Å². The smallest absolute Gasteiger partial charge is 0.259 e. The lowest BCUT2D eigenvalue weighted by Crippen LogP contribution is -2.55. The van der Waals surface area contributed by atoms with Gasteiger partial charge in [0.05, 0.1) is 13.2 Å². The van der Waals surface area contributed by atoms with Crippen LogP contribution < -0.4 is 16.0 Å². The normalized spacial score (nSPS) is 17.9. The van der Waals surface area contributed by atoms with Gasteiger partial charge in [0.15, 0.2) is 12.2 Å². The van der Waals surface area contributed by atoms with Gasteiger partial charge in [-0.1, -0.05) is 13.0 Å². The highest BCUT2D eigenvalue weighted by atomic mass is 16.5. The van der Waals surface area contributed by atoms with Crippen molar-refractivity contribution in [1.29, 1.82) is 0 Å². The largest absolute Gasteiger partial charge is 0.383 e. The van der Waals surface area contributed by atoms with Gasteiger partial charge in [0.2, 0.25) is 0 Å². The van der Waals surface area contributed by atoms with E-state index in [1.54, 1.807) is 47.4 Å². The standard InChI is InChI=1S/C26H31N5O5/c1-3-10-30(4-2)25(34)16-6-5-7-19(14-16)31-11-12-36-22(26(31)35)21(32)24(33)29-18-8-9-20-17(13-18)15-28-23(20)27/h5-9,13-14,21-22,32H,3-4,10-12,15H2,1-2H3,(H2,27,28)(H,29,33)/t21-,22-/m1/s1. The molecule has 0 bridgehead atoms. The lowest BCUT2D eigenvalue weighted by atomic mass is 10.1. The fraction of sp³-hybridized carbons (Fsp3) is 0.385. The zero-order valence-electron chi connectivity index (χ0n) is 20.4. The van der Waals surface area contributed by atoms with Crippen molar-refractivity contribution in [3.8, 4) is 0 Å². The maximum absolute atomic E-state index is 13.2. The molecular formula is C26H31N5O5. The van der Waals surface area contributed by atoms with Gasteiger partial charge in [0, 0.05) is 42.1 Å². The molecule has 0 saturated carbocycles. The highest BCUT2D eigenvalue weighted by Gasteiger charge is 2.39. The summed E-state index contributed by atoms with van der Waals surface area (Å²) in [5, 5.41) is 13.3. The molecule has 4 N–H and O–H groups in total. The molecule has 3 amide bonds. The van der Waals surface area contributed by atoms with Gasteiger partial charge in [-0.05, 0) is 55.3 Å². The predicted octanol–water partition coefficient (Wildman–Crippen LogP) is 1.51. The van der Waals surface area contributed by atoms with Crippen LogP contribution in [0.5, 0.6) is 0 Å². The van der Waals surface area contributed by atoms with Crippen LogP contribution in [0.25, 0.3) is 0 Å². The Morgan fingerprint density at radius 3 is 2.83 bits per heavy atom. The molecular weight excluding hydrogens is 462 g/mol. The van der Waals surface area contributed by atoms with E-state index in [0.717, 1.165) is 17.5 Å². The minimum Gasteiger partial charge on any atom is -0.383 e. The summed E-state index contributed by atoms with van der Waals surface area (Å²) >= 11 is 0. The van der Waals surface area contributed by atoms with Gasteiger partial charge >= 0.3 is 0 Å². The summed E-state index contributed by atoms with van der Waals surface area (Å²) in [7, 11) is 0. The number of morpholine rings is 1. The molecule has 36 heavy (non-hydrogen) atoms. The van der Waals surface area contributed by atoms with E-state index in [9.17, 15) is 19.5 Å². The summed E-state index contributed by atoms with van der Waals surface area (Å²) in [6.45, 7) is 5.94. The van der Waals surface area contributed by atoms with E-state index in [0.29, 0.717) is 42.4 Å². The lowest BCUT2D eigenvalue weighted by Gasteiger charge is -2.34. The van der Waals surface area contributed by atoms with Crippen molar-refractivity contribution in [3.63, 3.8) is 0 Å². The maximum atomic E-state index is 13.2. The molecule has 2 aliphatic heterocycles. The van der Waals surface area contributed by atoms with Gasteiger partial charge in [-0.25, -0.2) is 0 Å². The van der Waals surface area contributed by atoms with Crippen LogP contribution in [0, 0.1) is 0 Å². The Morgan fingerprint density at radius 2 is 2.08 bits per heavy atom. The van der Waals surface area contributed by atoms with Gasteiger partial charge in [-0.15, -0.1) is 0 Å². The number of rotatable bonds is 8. The maximum Gasteiger partial charge on any atom is 0.259 e. The number of carbonyl (C=O) groups excluding carboxylic acids is 3. The highest BCUT2D eigenvalue weighted by molar-refractivity contribution is 6.05. The van der Waals surface area contributed by atoms with Crippen LogP contribution in [0.15, 0.2) is 47.5 Å². The molecule has 10 heteroatoms. The predicted molar refractivity (Wildman–Crippen MR) is 136 cm³/mol. The first-order chi connectivity index (χ1) is 17.3. The van der Waals surface area contributed by atoms with Crippen LogP contribution in [0.4, 0.5) is 11.4 Å². The Balaban J connectivity index is 1.46. The zero-order chi connectivity index (χ0) is 25.8. The zero-order valence-corrected chi connectivity index (χ0v) is 20.4. The molecule has 2 atom stereocenters. The summed E-state index contributed by atoms with van der Waals surface area (Å²) in [5.74, 6) is -0.976. The van der Waals surface area contributed by atoms with Crippen LogP contribution in [0.3, 0.4) is 0 Å². The van der Waals surface area contributed by atoms with Gasteiger partial charge < -0.3 is 30.7 Å². The third kappa shape index (κ3) is 5.09. The molecule has 2 heterocycles. The summed E-state index contributed by atoms with van der Waals surface area (Å²) in [5.41, 5.74) is 8.94. The number of aliphatic hydroxyl groups excluding tert-OH is 1. The highest BCUT2D eigenvalue weighted by Crippen LogP contribution is 2.24. The third-order valence-electron chi connectivity index (χ3n) is 6.31. The second kappa shape index (κ2) is 10.9. The number of anilines is 2. The van der Waals surface area contributed by atoms with Crippen molar-refractivity contribution in [3.05, 3.63) is 59.2 Å². The molecule has 10 nitrogen and oxygen atoms in total. The van der Waals surface area contributed by atoms with Crippen molar-refractivity contribution < 1.29 is 24.2 Å². The van der Waals surface area contributed by atoms with Gasteiger partial charge in [-0.2, -0.15) is 0 Å². The average Bonchev–Trinajstić information content (AvgIpc) is 3.26. The third-order valence-corrected chi connectivity index (χ3v) is 6.31. The Bertz CT molecular complexity index is 1200. The summed E-state index contributed by atoms with van der Waals surface area (Å²) in [4.78, 5) is 46.2. The number of ether oxygens (including phenoxy) is 1. The van der Waals surface area contributed by atoms with E-state index in [4.69, 9.17) is 10.5 Å². The fourth-order valence-corrected chi connectivity index (χ4v) is 4.41. The summed E-state index contributed by atoms with van der Waals surface area (Å²) in [6, 6.07) is 12.0. The number of aliphatic imine (C=N–C) groups is 1. The monoisotopic (exact) mass is 493 g/mol. The Morgan fingerprint density at radius 1 is 1.28 bits per heavy atom. The van der Waals surface area contributed by atoms with Gasteiger partial charge in [0.25, 0.3) is 17.7 Å². The number of fused-ring (bicyclic) bond motifs is 1. The van der Waals surface area contributed by atoms with Crippen LogP contribution in [0.2, 0.25) is 0 Å². The van der Waals surface area contributed by atoms with Gasteiger partial charge in [-0.3, -0.25) is 19.4 Å². The Kier molecular flexibility index (Phi) is 7.66. The molecule has 0 unspecified atom stereocenters. The van der Waals surface area contributed by atoms with E-state index >= 15 is 0 Å². The van der Waals surface area contributed by atoms with E-state index in [2.05, 4.69) is 10.3 Å². The number of benzene rings is 2.